The van der Waals surface area contributed by atoms with E-state index in [4.69, 9.17) is 5.73 Å². The van der Waals surface area contributed by atoms with E-state index in [0.717, 1.165) is 25.8 Å². The number of piperidine rings is 1. The van der Waals surface area contributed by atoms with E-state index in [0.29, 0.717) is 6.04 Å². The zero-order valence-corrected chi connectivity index (χ0v) is 8.04. The van der Waals surface area contributed by atoms with Crippen LogP contribution in [0.4, 0.5) is 0 Å². The maximum atomic E-state index is 11.8. The highest BCUT2D eigenvalue weighted by Crippen LogP contribution is 2.25. The number of nitrogens with zero attached hydrogens (tertiary/aromatic N) is 1. The van der Waals surface area contributed by atoms with Crippen molar-refractivity contribution in [3.05, 3.63) is 0 Å². The molecule has 0 aromatic carbocycles. The van der Waals surface area contributed by atoms with Gasteiger partial charge in [0.1, 0.15) is 0 Å². The molecule has 2 N–H and O–H groups in total. The molecule has 1 amide bonds. The summed E-state index contributed by atoms with van der Waals surface area (Å²) in [6.07, 6.45) is 6.80. The molecular weight excluding hydrogens is 164 g/mol. The molecule has 2 saturated heterocycles. The Morgan fingerprint density at radius 2 is 1.92 bits per heavy atom. The van der Waals surface area contributed by atoms with Gasteiger partial charge >= 0.3 is 0 Å². The summed E-state index contributed by atoms with van der Waals surface area (Å²) in [7, 11) is 0. The van der Waals surface area contributed by atoms with Crippen LogP contribution >= 0.6 is 0 Å². The van der Waals surface area contributed by atoms with Crippen LogP contribution in [0.15, 0.2) is 0 Å². The van der Waals surface area contributed by atoms with Crippen molar-refractivity contribution >= 4 is 5.91 Å². The van der Waals surface area contributed by atoms with E-state index in [1.54, 1.807) is 0 Å². The molecule has 2 fully saturated rings. The molecule has 3 heteroatoms. The maximum Gasteiger partial charge on any atom is 0.239 e. The first-order chi connectivity index (χ1) is 6.29. The highest BCUT2D eigenvalue weighted by Gasteiger charge is 2.32. The van der Waals surface area contributed by atoms with Crippen molar-refractivity contribution in [2.24, 2.45) is 5.73 Å². The zero-order chi connectivity index (χ0) is 9.26. The average Bonchev–Trinajstić information content (AvgIpc) is 2.29. The average molecular weight is 182 g/mol. The van der Waals surface area contributed by atoms with E-state index in [9.17, 15) is 4.79 Å². The third-order valence-electron chi connectivity index (χ3n) is 3.28. The second-order valence-electron chi connectivity index (χ2n) is 4.22. The summed E-state index contributed by atoms with van der Waals surface area (Å²) in [5.41, 5.74) is 5.79. The van der Waals surface area contributed by atoms with Gasteiger partial charge in [-0.25, -0.2) is 0 Å². The van der Waals surface area contributed by atoms with Crippen molar-refractivity contribution in [3.8, 4) is 0 Å². The number of rotatable bonds is 0. The van der Waals surface area contributed by atoms with Crippen molar-refractivity contribution in [2.45, 2.75) is 50.6 Å². The Balaban J connectivity index is 2.11. The van der Waals surface area contributed by atoms with Gasteiger partial charge in [0, 0.05) is 12.6 Å². The second-order valence-corrected chi connectivity index (χ2v) is 4.22. The van der Waals surface area contributed by atoms with Gasteiger partial charge in [0.15, 0.2) is 0 Å². The fourth-order valence-corrected chi connectivity index (χ4v) is 2.50. The molecule has 0 radical (unpaired) electrons. The molecule has 1 unspecified atom stereocenters. The molecule has 2 rings (SSSR count). The Labute approximate surface area is 79.3 Å². The summed E-state index contributed by atoms with van der Waals surface area (Å²) >= 11 is 0. The van der Waals surface area contributed by atoms with Crippen LogP contribution < -0.4 is 5.73 Å². The summed E-state index contributed by atoms with van der Waals surface area (Å²) < 4.78 is 0. The molecule has 0 bridgehead atoms. The van der Waals surface area contributed by atoms with E-state index in [2.05, 4.69) is 0 Å². The molecular formula is C10H18N2O. The van der Waals surface area contributed by atoms with Gasteiger partial charge in [0.25, 0.3) is 0 Å². The Morgan fingerprint density at radius 1 is 1.15 bits per heavy atom. The van der Waals surface area contributed by atoms with E-state index < -0.39 is 0 Å². The van der Waals surface area contributed by atoms with Crippen LogP contribution in [0.5, 0.6) is 0 Å². The highest BCUT2D eigenvalue weighted by atomic mass is 16.2. The van der Waals surface area contributed by atoms with Crippen molar-refractivity contribution in [1.82, 2.24) is 4.90 Å². The van der Waals surface area contributed by atoms with Crippen molar-refractivity contribution < 1.29 is 4.79 Å². The molecule has 0 aromatic rings. The summed E-state index contributed by atoms with van der Waals surface area (Å²) in [5, 5.41) is 0. The lowest BCUT2D eigenvalue weighted by Gasteiger charge is -2.35. The number of hydrogen-bond donors (Lipinski definition) is 1. The lowest BCUT2D eigenvalue weighted by Crippen LogP contribution is -2.48. The number of fused-ring (bicyclic) bond motifs is 1. The molecule has 74 valence electrons. The Morgan fingerprint density at radius 3 is 2.77 bits per heavy atom. The van der Waals surface area contributed by atoms with E-state index in [-0.39, 0.29) is 11.9 Å². The smallest absolute Gasteiger partial charge is 0.239 e. The molecule has 2 heterocycles. The topological polar surface area (TPSA) is 46.3 Å². The van der Waals surface area contributed by atoms with Gasteiger partial charge in [-0.15, -0.1) is 0 Å². The van der Waals surface area contributed by atoms with E-state index in [1.165, 1.54) is 19.3 Å². The number of hydrogen-bond acceptors (Lipinski definition) is 2. The highest BCUT2D eigenvalue weighted by molar-refractivity contribution is 5.82. The van der Waals surface area contributed by atoms with Crippen LogP contribution in [-0.2, 0) is 4.79 Å². The largest absolute Gasteiger partial charge is 0.338 e. The molecule has 2 aliphatic rings. The predicted molar refractivity (Wildman–Crippen MR) is 51.2 cm³/mol. The van der Waals surface area contributed by atoms with Crippen LogP contribution in [-0.4, -0.2) is 29.4 Å². The molecule has 2 atom stereocenters. The normalized spacial score (nSPS) is 35.5. The monoisotopic (exact) mass is 182 g/mol. The summed E-state index contributed by atoms with van der Waals surface area (Å²) in [5.74, 6) is 0.196. The predicted octanol–water partition coefficient (Wildman–Crippen LogP) is 0.879. The minimum atomic E-state index is -0.219. The van der Waals surface area contributed by atoms with Gasteiger partial charge in [0.2, 0.25) is 5.91 Å². The molecule has 3 nitrogen and oxygen atoms in total. The summed E-state index contributed by atoms with van der Waals surface area (Å²) in [6.45, 7) is 0.942. The minimum Gasteiger partial charge on any atom is -0.338 e. The third kappa shape index (κ3) is 1.70. The van der Waals surface area contributed by atoms with E-state index in [1.807, 2.05) is 4.90 Å². The van der Waals surface area contributed by atoms with Crippen LogP contribution in [0.3, 0.4) is 0 Å². The fraction of sp³-hybridized carbons (Fsp3) is 0.900. The number of amides is 1. The maximum absolute atomic E-state index is 11.8. The lowest BCUT2D eigenvalue weighted by molar-refractivity contribution is -0.135. The van der Waals surface area contributed by atoms with Gasteiger partial charge in [-0.2, -0.15) is 0 Å². The van der Waals surface area contributed by atoms with Gasteiger partial charge in [-0.1, -0.05) is 0 Å². The first-order valence-corrected chi connectivity index (χ1v) is 5.35. The van der Waals surface area contributed by atoms with Crippen LogP contribution in [0.25, 0.3) is 0 Å². The molecule has 0 aromatic heterocycles. The molecule has 2 aliphatic heterocycles. The van der Waals surface area contributed by atoms with Gasteiger partial charge < -0.3 is 10.6 Å². The Bertz CT molecular complexity index is 205. The molecule has 0 aliphatic carbocycles. The molecule has 0 spiro atoms. The third-order valence-corrected chi connectivity index (χ3v) is 3.28. The first kappa shape index (κ1) is 9.00. The standard InChI is InChI=1S/C10H18N2O/c11-9-6-3-5-8-4-1-2-7-12(8)10(9)13/h8-9H,1-7,11H2/t8-,9?/m1/s1. The lowest BCUT2D eigenvalue weighted by atomic mass is 9.99. The van der Waals surface area contributed by atoms with Crippen LogP contribution in [0.2, 0.25) is 0 Å². The molecule has 13 heavy (non-hydrogen) atoms. The van der Waals surface area contributed by atoms with Gasteiger partial charge in [0.05, 0.1) is 6.04 Å². The quantitative estimate of drug-likeness (QED) is 0.604. The van der Waals surface area contributed by atoms with Crippen molar-refractivity contribution in [3.63, 3.8) is 0 Å². The summed E-state index contributed by atoms with van der Waals surface area (Å²) in [6, 6.07) is 0.290. The Hall–Kier alpha value is -0.570. The van der Waals surface area contributed by atoms with Crippen molar-refractivity contribution in [2.75, 3.05) is 6.54 Å². The SMILES string of the molecule is NC1CCC[C@H]2CCCCN2C1=O. The number of carbonyl (C=O) groups excluding carboxylic acids is 1. The Kier molecular flexibility index (Phi) is 2.54. The number of nitrogens with two attached hydrogens (primary N) is 1. The second kappa shape index (κ2) is 3.66. The molecule has 0 saturated carbocycles. The van der Waals surface area contributed by atoms with Crippen LogP contribution in [0, 0.1) is 0 Å². The van der Waals surface area contributed by atoms with Gasteiger partial charge in [-0.05, 0) is 38.5 Å². The minimum absolute atomic E-state index is 0.196. The fourth-order valence-electron chi connectivity index (χ4n) is 2.50. The number of carbonyl (C=O) groups is 1. The van der Waals surface area contributed by atoms with Crippen LogP contribution in [0.1, 0.15) is 38.5 Å². The first-order valence-electron chi connectivity index (χ1n) is 5.35. The van der Waals surface area contributed by atoms with E-state index >= 15 is 0 Å². The summed E-state index contributed by atoms with van der Waals surface area (Å²) in [4.78, 5) is 13.8. The van der Waals surface area contributed by atoms with Crippen molar-refractivity contribution in [1.29, 1.82) is 0 Å². The van der Waals surface area contributed by atoms with Gasteiger partial charge in [-0.3, -0.25) is 4.79 Å². The zero-order valence-electron chi connectivity index (χ0n) is 8.04.